The average Bonchev–Trinajstić information content (AvgIpc) is 2.72. The summed E-state index contributed by atoms with van der Waals surface area (Å²) in [7, 11) is 0. The molecule has 0 atom stereocenters. The number of nitrogens with zero attached hydrogens (tertiary/aromatic N) is 2. The lowest BCUT2D eigenvalue weighted by atomic mass is 10.2. The summed E-state index contributed by atoms with van der Waals surface area (Å²) in [6.45, 7) is 3.78. The Morgan fingerprint density at radius 1 is 1.03 bits per heavy atom. The van der Waals surface area contributed by atoms with Crippen molar-refractivity contribution < 1.29 is 19.1 Å². The summed E-state index contributed by atoms with van der Waals surface area (Å²) in [6.07, 6.45) is 5.75. The highest BCUT2D eigenvalue weighted by atomic mass is 35.5. The Balaban J connectivity index is 2.28. The minimum Gasteiger partial charge on any atom is -0.462 e. The largest absolute Gasteiger partial charge is 0.462 e. The number of halogens is 1. The third kappa shape index (κ3) is 6.93. The second-order valence-corrected chi connectivity index (χ2v) is 5.86. The predicted octanol–water partition coefficient (Wildman–Crippen LogP) is 3.14. The highest BCUT2D eigenvalue weighted by Crippen LogP contribution is 2.14. The SMILES string of the molecule is CCOC(=O)/C(=C\Nc1ccc(Cl)cn1)N/C=C(/C(=O)OCC)c1ccccn1. The zero-order chi connectivity index (χ0) is 21.1. The predicted molar refractivity (Wildman–Crippen MR) is 110 cm³/mol. The van der Waals surface area contributed by atoms with Gasteiger partial charge < -0.3 is 20.1 Å². The number of esters is 2. The second-order valence-electron chi connectivity index (χ2n) is 5.42. The molecule has 0 spiro atoms. The molecule has 0 unspecified atom stereocenters. The van der Waals surface area contributed by atoms with Crippen LogP contribution in [0.5, 0.6) is 0 Å². The van der Waals surface area contributed by atoms with Crippen molar-refractivity contribution in [1.29, 1.82) is 0 Å². The van der Waals surface area contributed by atoms with Crippen molar-refractivity contribution in [2.24, 2.45) is 0 Å². The third-order valence-corrected chi connectivity index (χ3v) is 3.62. The molecule has 152 valence electrons. The van der Waals surface area contributed by atoms with Crippen LogP contribution < -0.4 is 10.6 Å². The Labute approximate surface area is 173 Å². The van der Waals surface area contributed by atoms with Crippen LogP contribution in [0.2, 0.25) is 5.02 Å². The molecule has 29 heavy (non-hydrogen) atoms. The van der Waals surface area contributed by atoms with E-state index in [9.17, 15) is 9.59 Å². The maximum Gasteiger partial charge on any atom is 0.356 e. The Morgan fingerprint density at radius 2 is 1.79 bits per heavy atom. The minimum atomic E-state index is -0.616. The van der Waals surface area contributed by atoms with Gasteiger partial charge in [0, 0.05) is 24.8 Å². The van der Waals surface area contributed by atoms with Gasteiger partial charge in [-0.3, -0.25) is 4.98 Å². The van der Waals surface area contributed by atoms with Crippen molar-refractivity contribution >= 4 is 34.9 Å². The molecule has 2 rings (SSSR count). The van der Waals surface area contributed by atoms with E-state index in [4.69, 9.17) is 21.1 Å². The molecule has 0 amide bonds. The van der Waals surface area contributed by atoms with E-state index in [1.165, 1.54) is 18.6 Å². The number of hydrogen-bond acceptors (Lipinski definition) is 8. The van der Waals surface area contributed by atoms with E-state index in [1.54, 1.807) is 50.4 Å². The van der Waals surface area contributed by atoms with Crippen LogP contribution in [-0.2, 0) is 19.1 Å². The van der Waals surface area contributed by atoms with Crippen molar-refractivity contribution in [2.45, 2.75) is 13.8 Å². The maximum atomic E-state index is 12.3. The van der Waals surface area contributed by atoms with Crippen molar-refractivity contribution in [3.63, 3.8) is 0 Å². The summed E-state index contributed by atoms with van der Waals surface area (Å²) in [6, 6.07) is 8.43. The molecule has 2 N–H and O–H groups in total. The molecule has 2 heterocycles. The summed E-state index contributed by atoms with van der Waals surface area (Å²) in [4.78, 5) is 32.8. The van der Waals surface area contributed by atoms with Crippen molar-refractivity contribution in [1.82, 2.24) is 15.3 Å². The number of rotatable bonds is 9. The monoisotopic (exact) mass is 416 g/mol. The number of hydrogen-bond donors (Lipinski definition) is 2. The smallest absolute Gasteiger partial charge is 0.356 e. The molecule has 0 fully saturated rings. The van der Waals surface area contributed by atoms with Crippen LogP contribution in [0.3, 0.4) is 0 Å². The summed E-state index contributed by atoms with van der Waals surface area (Å²) in [5, 5.41) is 6.15. The van der Waals surface area contributed by atoms with Gasteiger partial charge in [-0.05, 0) is 38.1 Å². The molecule has 0 bridgehead atoms. The van der Waals surface area contributed by atoms with E-state index in [0.29, 0.717) is 16.5 Å². The Kier molecular flexibility index (Phi) is 8.65. The molecular formula is C20H21ClN4O4. The number of ether oxygens (including phenoxy) is 2. The van der Waals surface area contributed by atoms with E-state index >= 15 is 0 Å². The van der Waals surface area contributed by atoms with E-state index in [-0.39, 0.29) is 24.5 Å². The highest BCUT2D eigenvalue weighted by molar-refractivity contribution is 6.30. The van der Waals surface area contributed by atoms with Gasteiger partial charge in [0.1, 0.15) is 17.1 Å². The first-order chi connectivity index (χ1) is 14.0. The zero-order valence-corrected chi connectivity index (χ0v) is 16.8. The van der Waals surface area contributed by atoms with E-state index < -0.39 is 11.9 Å². The van der Waals surface area contributed by atoms with Gasteiger partial charge in [-0.2, -0.15) is 0 Å². The van der Waals surface area contributed by atoms with Gasteiger partial charge in [-0.25, -0.2) is 14.6 Å². The quantitative estimate of drug-likeness (QED) is 0.474. The number of anilines is 1. The van der Waals surface area contributed by atoms with Crippen LogP contribution in [0.15, 0.2) is 60.8 Å². The van der Waals surface area contributed by atoms with Gasteiger partial charge >= 0.3 is 11.9 Å². The van der Waals surface area contributed by atoms with Gasteiger partial charge in [0.25, 0.3) is 0 Å². The Morgan fingerprint density at radius 3 is 2.41 bits per heavy atom. The number of pyridine rings is 2. The number of carbonyl (C=O) groups excluding carboxylic acids is 2. The normalized spacial score (nSPS) is 11.6. The van der Waals surface area contributed by atoms with E-state index in [0.717, 1.165) is 0 Å². The van der Waals surface area contributed by atoms with Crippen LogP contribution >= 0.6 is 11.6 Å². The van der Waals surface area contributed by atoms with E-state index in [2.05, 4.69) is 20.6 Å². The van der Waals surface area contributed by atoms with E-state index in [1.807, 2.05) is 0 Å². The molecule has 2 aromatic heterocycles. The molecule has 0 aliphatic carbocycles. The first-order valence-corrected chi connectivity index (χ1v) is 9.23. The Hall–Kier alpha value is -3.39. The first kappa shape index (κ1) is 21.9. The second kappa shape index (κ2) is 11.5. The number of aromatic nitrogens is 2. The first-order valence-electron chi connectivity index (χ1n) is 8.85. The van der Waals surface area contributed by atoms with Crippen LogP contribution in [-0.4, -0.2) is 35.1 Å². The van der Waals surface area contributed by atoms with Crippen molar-refractivity contribution in [3.8, 4) is 0 Å². The molecule has 0 saturated heterocycles. The van der Waals surface area contributed by atoms with Crippen LogP contribution in [0.25, 0.3) is 5.57 Å². The van der Waals surface area contributed by atoms with Crippen LogP contribution in [0.4, 0.5) is 5.82 Å². The molecule has 9 heteroatoms. The van der Waals surface area contributed by atoms with Gasteiger partial charge in [-0.1, -0.05) is 17.7 Å². The number of carbonyl (C=O) groups is 2. The minimum absolute atomic E-state index is 0.0568. The highest BCUT2D eigenvalue weighted by Gasteiger charge is 2.16. The van der Waals surface area contributed by atoms with Crippen molar-refractivity contribution in [3.05, 3.63) is 71.5 Å². The molecule has 0 saturated carbocycles. The lowest BCUT2D eigenvalue weighted by molar-refractivity contribution is -0.139. The summed E-state index contributed by atoms with van der Waals surface area (Å²) < 4.78 is 10.1. The fraction of sp³-hybridized carbons (Fsp3) is 0.200. The lowest BCUT2D eigenvalue weighted by Crippen LogP contribution is -2.21. The lowest BCUT2D eigenvalue weighted by Gasteiger charge is -2.10. The van der Waals surface area contributed by atoms with Crippen LogP contribution in [0.1, 0.15) is 19.5 Å². The molecule has 0 aliphatic rings. The van der Waals surface area contributed by atoms with Gasteiger partial charge in [0.05, 0.1) is 23.9 Å². The zero-order valence-electron chi connectivity index (χ0n) is 16.0. The molecule has 2 aromatic rings. The summed E-state index contributed by atoms with van der Waals surface area (Å²) >= 11 is 5.81. The molecule has 0 aliphatic heterocycles. The van der Waals surface area contributed by atoms with Gasteiger partial charge in [0.2, 0.25) is 0 Å². The van der Waals surface area contributed by atoms with Crippen molar-refractivity contribution in [2.75, 3.05) is 18.5 Å². The molecule has 0 aromatic carbocycles. The fourth-order valence-corrected chi connectivity index (χ4v) is 2.21. The summed E-state index contributed by atoms with van der Waals surface area (Å²) in [5.41, 5.74) is 0.614. The standard InChI is InChI=1S/C20H21ClN4O4/c1-3-28-19(26)15(16-7-5-6-10-22-16)12-23-17(20(27)29-4-2)13-25-18-9-8-14(21)11-24-18/h5-13,23H,3-4H2,1-2H3,(H,24,25)/b15-12+,17-13+. The third-order valence-electron chi connectivity index (χ3n) is 3.40. The molecule has 8 nitrogen and oxygen atoms in total. The summed E-state index contributed by atoms with van der Waals surface area (Å²) in [5.74, 6) is -0.721. The molecular weight excluding hydrogens is 396 g/mol. The molecule has 0 radical (unpaired) electrons. The Bertz CT molecular complexity index is 883. The average molecular weight is 417 g/mol. The maximum absolute atomic E-state index is 12.3. The van der Waals surface area contributed by atoms with Gasteiger partial charge in [0.15, 0.2) is 0 Å². The van der Waals surface area contributed by atoms with Crippen LogP contribution in [0, 0.1) is 0 Å². The topological polar surface area (TPSA) is 102 Å². The van der Waals surface area contributed by atoms with Gasteiger partial charge in [-0.15, -0.1) is 0 Å². The fourth-order valence-electron chi connectivity index (χ4n) is 2.09. The number of nitrogens with one attached hydrogen (secondary N) is 2.